The van der Waals surface area contributed by atoms with Gasteiger partial charge in [0.05, 0.1) is 0 Å². The molecule has 0 nitrogen and oxygen atoms in total. The van der Waals surface area contributed by atoms with Crippen molar-refractivity contribution in [3.8, 4) is 0 Å². The second kappa shape index (κ2) is 21.3. The molecule has 8 heteroatoms. The molecule has 198 valence electrons. The summed E-state index contributed by atoms with van der Waals surface area (Å²) >= 11 is 6.75. The normalized spacial score (nSPS) is 13.0. The van der Waals surface area contributed by atoms with Crippen LogP contribution in [0.2, 0.25) is 9.79 Å². The third-order valence-electron chi connectivity index (χ3n) is 4.72. The van der Waals surface area contributed by atoms with Crippen molar-refractivity contribution >= 4 is 80.4 Å². The molecule has 0 saturated heterocycles. The van der Waals surface area contributed by atoms with Crippen LogP contribution in [0.15, 0.2) is 121 Å². The first-order valence-electron chi connectivity index (χ1n) is 11.1. The topological polar surface area (TPSA) is 0 Å². The Morgan fingerprint density at radius 2 is 0.583 bits per heavy atom. The first kappa shape index (κ1) is 34.5. The molecule has 0 spiro atoms. The number of rotatable bonds is 10. The van der Waals surface area contributed by atoms with E-state index >= 15 is 0 Å². The van der Waals surface area contributed by atoms with Crippen LogP contribution in [0.1, 0.15) is 0 Å². The van der Waals surface area contributed by atoms with Crippen molar-refractivity contribution in [3.05, 3.63) is 121 Å². The molecule has 0 aromatic heterocycles. The van der Waals surface area contributed by atoms with Gasteiger partial charge in [0.25, 0.3) is 0 Å². The standard InChI is InChI=1S/2C14H15P2.2ClH.2Pd/c2*1-12(15-13-8-4-2-5-9-13)16-14-10-6-3-7-11-14;;;;/h2*2-12,15-16H,1H2;2*1H;;. The van der Waals surface area contributed by atoms with Crippen LogP contribution < -0.4 is 21.2 Å². The molecule has 0 radical (unpaired) electrons. The van der Waals surface area contributed by atoms with E-state index in [1.807, 2.05) is 0 Å². The second-order valence-corrected chi connectivity index (χ2v) is 16.1. The summed E-state index contributed by atoms with van der Waals surface area (Å²) in [5, 5.41) is 7.34. The van der Waals surface area contributed by atoms with Crippen molar-refractivity contribution in [2.45, 2.75) is 20.6 Å². The van der Waals surface area contributed by atoms with Crippen molar-refractivity contribution < 1.29 is 38.4 Å². The van der Waals surface area contributed by atoms with E-state index in [-0.39, 0.29) is 24.8 Å². The van der Waals surface area contributed by atoms with E-state index in [0.29, 0.717) is 0 Å². The van der Waals surface area contributed by atoms with E-state index in [1.165, 1.54) is 21.2 Å². The molecule has 0 aliphatic carbocycles. The fraction of sp³-hybridized carbons (Fsp3) is 0.143. The summed E-state index contributed by atoms with van der Waals surface area (Å²) in [7, 11) is 3.58. The molecule has 0 fully saturated rings. The van der Waals surface area contributed by atoms with Crippen LogP contribution in [0.5, 0.6) is 0 Å². The van der Waals surface area contributed by atoms with Gasteiger partial charge in [-0.15, -0.1) is 24.8 Å². The molecule has 4 unspecified atom stereocenters. The van der Waals surface area contributed by atoms with Crippen molar-refractivity contribution in [3.63, 3.8) is 0 Å². The molecular weight excluding hydrogens is 744 g/mol. The summed E-state index contributed by atoms with van der Waals surface area (Å²) < 4.78 is 0. The van der Waals surface area contributed by atoms with E-state index in [2.05, 4.69) is 160 Å². The zero-order chi connectivity index (χ0) is 23.8. The predicted octanol–water partition coefficient (Wildman–Crippen LogP) is 7.41. The maximum absolute atomic E-state index is 3.38. The first-order chi connectivity index (χ1) is 16.8. The summed E-state index contributed by atoms with van der Waals surface area (Å²) in [6, 6.07) is 43.2. The van der Waals surface area contributed by atoms with Gasteiger partial charge in [0, 0.05) is 0 Å². The van der Waals surface area contributed by atoms with Crippen molar-refractivity contribution in [1.82, 2.24) is 0 Å². The third-order valence-corrected chi connectivity index (χ3v) is 14.8. The second-order valence-electron chi connectivity index (χ2n) is 7.40. The van der Waals surface area contributed by atoms with Gasteiger partial charge in [-0.1, -0.05) is 0 Å². The van der Waals surface area contributed by atoms with E-state index < -0.39 is 0 Å². The Morgan fingerprint density at radius 1 is 0.389 bits per heavy atom. The Balaban J connectivity index is 0.000000341. The summed E-state index contributed by atoms with van der Waals surface area (Å²) in [5.74, 6) is 0. The van der Waals surface area contributed by atoms with E-state index in [4.69, 9.17) is 0 Å². The fourth-order valence-electron chi connectivity index (χ4n) is 3.14. The van der Waals surface area contributed by atoms with Gasteiger partial charge < -0.3 is 0 Å². The number of benzene rings is 4. The summed E-state index contributed by atoms with van der Waals surface area (Å²) in [6.45, 7) is 0. The minimum atomic E-state index is 0. The van der Waals surface area contributed by atoms with Crippen LogP contribution in [0.25, 0.3) is 0 Å². The molecule has 0 bridgehead atoms. The number of hydrogen-bond acceptors (Lipinski definition) is 0. The Bertz CT molecular complexity index is 876. The summed E-state index contributed by atoms with van der Waals surface area (Å²) in [4.78, 5) is 2.23. The molecule has 0 aliphatic rings. The molecular formula is C28H32Cl2P4Pd2. The van der Waals surface area contributed by atoms with E-state index in [1.54, 1.807) is 0 Å². The summed E-state index contributed by atoms with van der Waals surface area (Å²) in [6.07, 6.45) is 0. The first-order valence-corrected chi connectivity index (χ1v) is 17.6. The SMILES string of the molecule is Cl.Cl.[Pd][CH2]C(Pc1ccccc1)Pc1ccccc1.[Pd][CH2]C(Pc1ccccc1)Pc1ccccc1. The molecule has 0 N–H and O–H groups in total. The van der Waals surface area contributed by atoms with Crippen LogP contribution in [-0.4, -0.2) is 10.8 Å². The van der Waals surface area contributed by atoms with Crippen molar-refractivity contribution in [2.24, 2.45) is 0 Å². The molecule has 36 heavy (non-hydrogen) atoms. The van der Waals surface area contributed by atoms with E-state index in [9.17, 15) is 0 Å². The van der Waals surface area contributed by atoms with E-state index in [0.717, 1.165) is 54.9 Å². The molecule has 4 aromatic rings. The summed E-state index contributed by atoms with van der Waals surface area (Å²) in [5.41, 5.74) is 0. The minimum absolute atomic E-state index is 0. The zero-order valence-electron chi connectivity index (χ0n) is 19.6. The van der Waals surface area contributed by atoms with Gasteiger partial charge >= 0.3 is 236 Å². The van der Waals surface area contributed by atoms with Gasteiger partial charge in [-0.2, -0.15) is 0 Å². The van der Waals surface area contributed by atoms with Crippen LogP contribution in [0, 0.1) is 0 Å². The Hall–Kier alpha value is 0.505. The number of hydrogen-bond donors (Lipinski definition) is 0. The van der Waals surface area contributed by atoms with Crippen LogP contribution in [0.4, 0.5) is 0 Å². The van der Waals surface area contributed by atoms with Gasteiger partial charge in [-0.25, -0.2) is 0 Å². The van der Waals surface area contributed by atoms with Crippen molar-refractivity contribution in [1.29, 1.82) is 0 Å². The predicted molar refractivity (Wildman–Crippen MR) is 169 cm³/mol. The van der Waals surface area contributed by atoms with Crippen LogP contribution in [-0.2, 0) is 38.4 Å². The van der Waals surface area contributed by atoms with Crippen molar-refractivity contribution in [2.75, 3.05) is 0 Å². The van der Waals surface area contributed by atoms with Gasteiger partial charge in [-0.05, 0) is 0 Å². The Morgan fingerprint density at radius 3 is 0.750 bits per heavy atom. The molecule has 0 amide bonds. The molecule has 0 saturated carbocycles. The molecule has 0 aliphatic heterocycles. The monoisotopic (exact) mass is 774 g/mol. The van der Waals surface area contributed by atoms with Gasteiger partial charge in [0.2, 0.25) is 0 Å². The molecule has 0 heterocycles. The molecule has 4 aromatic carbocycles. The Kier molecular flexibility index (Phi) is 20.5. The average Bonchev–Trinajstić information content (AvgIpc) is 2.91. The Labute approximate surface area is 258 Å². The van der Waals surface area contributed by atoms with Gasteiger partial charge in [-0.3, -0.25) is 0 Å². The van der Waals surface area contributed by atoms with Gasteiger partial charge in [0.1, 0.15) is 0 Å². The third kappa shape index (κ3) is 14.1. The van der Waals surface area contributed by atoms with Crippen LogP contribution >= 0.6 is 59.1 Å². The molecule has 4 rings (SSSR count). The fourth-order valence-corrected chi connectivity index (χ4v) is 11.0. The maximum atomic E-state index is 3.38. The quantitative estimate of drug-likeness (QED) is 0.116. The van der Waals surface area contributed by atoms with Gasteiger partial charge in [0.15, 0.2) is 0 Å². The average molecular weight is 776 g/mol. The zero-order valence-corrected chi connectivity index (χ0v) is 28.3. The molecule has 4 atom stereocenters. The van der Waals surface area contributed by atoms with Crippen LogP contribution in [0.3, 0.4) is 0 Å². The number of halogens is 2.